The molecule has 0 radical (unpaired) electrons. The van der Waals surface area contributed by atoms with Crippen LogP contribution in [0.15, 0.2) is 41.1 Å². The second-order valence-corrected chi connectivity index (χ2v) is 51.3. The number of rotatable bonds is 8. The van der Waals surface area contributed by atoms with Crippen molar-refractivity contribution in [2.75, 3.05) is 0 Å². The van der Waals surface area contributed by atoms with Crippen LogP contribution < -0.4 is 0 Å². The Morgan fingerprint density at radius 3 is 1.36 bits per heavy atom. The molecule has 0 aliphatic heterocycles. The first kappa shape index (κ1) is 28.6. The van der Waals surface area contributed by atoms with E-state index in [1.54, 1.807) is 22.3 Å². The van der Waals surface area contributed by atoms with E-state index in [1.807, 2.05) is 6.66 Å². The van der Waals surface area contributed by atoms with E-state index in [-0.39, 0.29) is 24.8 Å². The molecule has 0 spiro atoms. The van der Waals surface area contributed by atoms with Gasteiger partial charge < -0.3 is 0 Å². The van der Waals surface area contributed by atoms with Crippen LogP contribution in [0.1, 0.15) is 80.1 Å². The van der Waals surface area contributed by atoms with Gasteiger partial charge in [-0.15, -0.1) is 24.8 Å². The van der Waals surface area contributed by atoms with E-state index in [4.69, 9.17) is 0 Å². The van der Waals surface area contributed by atoms with E-state index in [0.29, 0.717) is 11.8 Å². The van der Waals surface area contributed by atoms with Crippen LogP contribution in [0, 0.1) is 11.8 Å². The maximum Gasteiger partial charge on any atom is -0.147 e. The largest absolute Gasteiger partial charge is 0.147 e. The first-order chi connectivity index (χ1) is 12.0. The summed E-state index contributed by atoms with van der Waals surface area (Å²) in [5.74, 6) is 1.32. The van der Waals surface area contributed by atoms with Crippen LogP contribution in [0.2, 0.25) is 9.36 Å². The molecule has 0 unspecified atom stereocenters. The minimum atomic E-state index is -3.26. The fourth-order valence-corrected chi connectivity index (χ4v) is 26.7. The van der Waals surface area contributed by atoms with E-state index >= 15 is 0 Å². The minimum absolute atomic E-state index is 0. The quantitative estimate of drug-likeness (QED) is 0.243. The van der Waals surface area contributed by atoms with Gasteiger partial charge in [-0.2, -0.15) is 0 Å². The van der Waals surface area contributed by atoms with Crippen molar-refractivity contribution in [3.05, 3.63) is 41.1 Å². The van der Waals surface area contributed by atoms with Gasteiger partial charge in [-0.25, -0.2) is 0 Å². The summed E-state index contributed by atoms with van der Waals surface area (Å²) >= 11 is -3.26. The second-order valence-electron chi connectivity index (χ2n) is 10.3. The van der Waals surface area contributed by atoms with Crippen molar-refractivity contribution in [1.82, 2.24) is 0 Å². The topological polar surface area (TPSA) is 0 Å². The fraction of sp³-hybridized carbons (Fsp3) is 0.667. The molecule has 0 bridgehead atoms. The molecule has 0 atom stereocenters. The molecule has 0 nitrogen and oxygen atoms in total. The molecule has 0 aromatic rings. The van der Waals surface area contributed by atoms with Crippen LogP contribution in [-0.2, 0) is 17.1 Å². The zero-order valence-corrected chi connectivity index (χ0v) is 26.2. The molecular weight excluding hydrogens is 566 g/mol. The summed E-state index contributed by atoms with van der Waals surface area (Å²) in [6.07, 6.45) is 12.9. The molecular formula is C24H44Cl2HfSi. The summed E-state index contributed by atoms with van der Waals surface area (Å²) in [5, 5.41) is 0. The maximum atomic E-state index is 2.75. The Balaban J connectivity index is 0.00000364. The summed E-state index contributed by atoms with van der Waals surface area (Å²) in [6, 6.07) is 0. The normalized spacial score (nSPS) is 17.8. The molecule has 4 heteroatoms. The molecule has 0 amide bonds. The van der Waals surface area contributed by atoms with Crippen LogP contribution in [0.5, 0.6) is 0 Å². The van der Waals surface area contributed by atoms with Crippen molar-refractivity contribution in [2.45, 2.75) is 89.4 Å². The Hall–Kier alpha value is 0.627. The zero-order chi connectivity index (χ0) is 19.7. The molecule has 2 rings (SSSR count). The van der Waals surface area contributed by atoms with Crippen LogP contribution in [0.4, 0.5) is 0 Å². The van der Waals surface area contributed by atoms with Gasteiger partial charge in [0.05, 0.1) is 0 Å². The monoisotopic (exact) mass is 610 g/mol. The first-order valence-corrected chi connectivity index (χ1v) is 30.0. The molecule has 0 aromatic heterocycles. The predicted octanol–water partition coefficient (Wildman–Crippen LogP) is 8.24. The van der Waals surface area contributed by atoms with E-state index in [2.05, 4.69) is 70.0 Å². The predicted molar refractivity (Wildman–Crippen MR) is 134 cm³/mol. The Kier molecular flexibility index (Phi) is 11.0. The van der Waals surface area contributed by atoms with E-state index < -0.39 is 17.1 Å². The van der Waals surface area contributed by atoms with Crippen molar-refractivity contribution < 1.29 is 17.1 Å². The molecule has 0 aromatic carbocycles. The van der Waals surface area contributed by atoms with Gasteiger partial charge in [0.25, 0.3) is 0 Å². The molecule has 2 aliphatic rings. The van der Waals surface area contributed by atoms with Gasteiger partial charge in [0.15, 0.2) is 0 Å². The standard InChI is InChI=1S/2C11H17.2CH3.2ClH.Hf.H2Si/c2*1-4-5-10-6-7-11(8-10)9(2)3;;;;;;/h2*8-9H,4-6H2,1-3H3;2*1H3;2*1H;;1H2. The van der Waals surface area contributed by atoms with Crippen LogP contribution in [0.25, 0.3) is 0 Å². The van der Waals surface area contributed by atoms with Crippen molar-refractivity contribution in [3.8, 4) is 0 Å². The van der Waals surface area contributed by atoms with Gasteiger partial charge in [-0.1, -0.05) is 0 Å². The fourth-order valence-electron chi connectivity index (χ4n) is 5.04. The molecule has 0 saturated heterocycles. The minimum Gasteiger partial charge on any atom is -0.147 e. The van der Waals surface area contributed by atoms with E-state index in [9.17, 15) is 0 Å². The van der Waals surface area contributed by atoms with Crippen molar-refractivity contribution in [3.63, 3.8) is 0 Å². The molecule has 162 valence electrons. The molecule has 28 heavy (non-hydrogen) atoms. The van der Waals surface area contributed by atoms with Crippen LogP contribution in [-0.4, -0.2) is 6.94 Å². The average Bonchev–Trinajstić information content (AvgIpc) is 3.13. The van der Waals surface area contributed by atoms with Crippen molar-refractivity contribution in [2.24, 2.45) is 11.8 Å². The molecule has 0 N–H and O–H groups in total. The van der Waals surface area contributed by atoms with Gasteiger partial charge in [0.1, 0.15) is 0 Å². The van der Waals surface area contributed by atoms with Crippen LogP contribution >= 0.6 is 24.8 Å². The molecule has 0 fully saturated rings. The Labute approximate surface area is 190 Å². The van der Waals surface area contributed by atoms with Crippen molar-refractivity contribution >= 4 is 31.8 Å². The maximum absolute atomic E-state index is 3.26. The van der Waals surface area contributed by atoms with Crippen LogP contribution in [0.3, 0.4) is 0 Å². The summed E-state index contributed by atoms with van der Waals surface area (Å²) in [4.78, 5) is 0. The third kappa shape index (κ3) is 5.86. The number of allylic oxidation sites excluding steroid dienone is 8. The number of hydrogen-bond acceptors (Lipinski definition) is 0. The van der Waals surface area contributed by atoms with Gasteiger partial charge >= 0.3 is 166 Å². The van der Waals surface area contributed by atoms with Gasteiger partial charge in [0.2, 0.25) is 0 Å². The Morgan fingerprint density at radius 1 is 0.786 bits per heavy atom. The third-order valence-electron chi connectivity index (χ3n) is 6.55. The second kappa shape index (κ2) is 10.8. The van der Waals surface area contributed by atoms with Crippen molar-refractivity contribution in [1.29, 1.82) is 0 Å². The summed E-state index contributed by atoms with van der Waals surface area (Å²) in [5.41, 5.74) is 6.83. The smallest absolute Gasteiger partial charge is 0.147 e. The Morgan fingerprint density at radius 2 is 1.11 bits per heavy atom. The summed E-state index contributed by atoms with van der Waals surface area (Å²) in [6.45, 7) is 16.7. The van der Waals surface area contributed by atoms with E-state index in [0.717, 1.165) is 0 Å². The summed E-state index contributed by atoms with van der Waals surface area (Å²) in [7, 11) is 0. The number of halogens is 2. The zero-order valence-electron chi connectivity index (χ0n) is 19.6. The SMILES string of the molecule is CCCC1=CC(C(C)C)=[C]([Hf]([CH3])([CH3])(=[SiH2])[C]2=C(C(C)C)C=C(CCC)C2)C1.Cl.Cl. The van der Waals surface area contributed by atoms with Gasteiger partial charge in [0, 0.05) is 0 Å². The molecule has 2 aliphatic carbocycles. The number of hydrogen-bond donors (Lipinski definition) is 0. The first-order valence-electron chi connectivity index (χ1n) is 10.9. The average molecular weight is 610 g/mol. The van der Waals surface area contributed by atoms with Gasteiger partial charge in [-0.05, 0) is 0 Å². The molecule has 0 saturated carbocycles. The van der Waals surface area contributed by atoms with E-state index in [1.165, 1.54) is 38.5 Å². The third-order valence-corrected chi connectivity index (χ3v) is 30.8. The summed E-state index contributed by atoms with van der Waals surface area (Å²) < 4.78 is 9.32. The Bertz CT molecular complexity index is 699. The van der Waals surface area contributed by atoms with Gasteiger partial charge in [-0.3, -0.25) is 0 Å². The molecule has 0 heterocycles.